The van der Waals surface area contributed by atoms with Gasteiger partial charge in [0.05, 0.1) is 12.3 Å². The second kappa shape index (κ2) is 10.2. The van der Waals surface area contributed by atoms with E-state index in [0.29, 0.717) is 18.7 Å². The summed E-state index contributed by atoms with van der Waals surface area (Å²) in [6, 6.07) is 5.97. The lowest BCUT2D eigenvalue weighted by atomic mass is 10.1. The third-order valence-electron chi connectivity index (χ3n) is 3.97. The average molecular weight is 426 g/mol. The monoisotopic (exact) mass is 426 g/mol. The molecule has 0 atom stereocenters. The Bertz CT molecular complexity index is 861. The van der Waals surface area contributed by atoms with E-state index in [1.165, 1.54) is 24.3 Å². The fourth-order valence-electron chi connectivity index (χ4n) is 2.45. The number of ether oxygens (including phenoxy) is 1. The van der Waals surface area contributed by atoms with Crippen molar-refractivity contribution in [1.29, 1.82) is 0 Å². The Morgan fingerprint density at radius 2 is 1.83 bits per heavy atom. The van der Waals surface area contributed by atoms with E-state index in [0.717, 1.165) is 0 Å². The number of anilines is 1. The van der Waals surface area contributed by atoms with Gasteiger partial charge < -0.3 is 15.4 Å². The van der Waals surface area contributed by atoms with Gasteiger partial charge in [0.1, 0.15) is 6.61 Å². The van der Waals surface area contributed by atoms with Crippen LogP contribution in [0.3, 0.4) is 0 Å². The number of carbonyl (C=O) groups is 2. The highest BCUT2D eigenvalue weighted by Gasteiger charge is 2.27. The third-order valence-corrected chi connectivity index (χ3v) is 3.97. The van der Waals surface area contributed by atoms with E-state index >= 15 is 0 Å². The van der Waals surface area contributed by atoms with Crippen LogP contribution >= 0.6 is 0 Å². The first-order valence-electron chi connectivity index (χ1n) is 9.49. The Morgan fingerprint density at radius 3 is 2.40 bits per heavy atom. The molecular weight excluding hydrogens is 401 g/mol. The first kappa shape index (κ1) is 23.4. The molecule has 0 aliphatic carbocycles. The highest BCUT2D eigenvalue weighted by Crippen LogP contribution is 2.18. The van der Waals surface area contributed by atoms with E-state index < -0.39 is 18.7 Å². The SMILES string of the molecule is CCn1cc(NC(=O)c2ccc(COCC(F)(F)F)cc2)c(C(=O)NCC(C)C)n1. The quantitative estimate of drug-likeness (QED) is 0.641. The highest BCUT2D eigenvalue weighted by atomic mass is 19.4. The van der Waals surface area contributed by atoms with Crippen molar-refractivity contribution in [3.05, 3.63) is 47.3 Å². The molecule has 0 saturated heterocycles. The second-order valence-corrected chi connectivity index (χ2v) is 7.11. The summed E-state index contributed by atoms with van der Waals surface area (Å²) in [5.41, 5.74) is 1.18. The maximum atomic E-state index is 12.5. The average Bonchev–Trinajstić information content (AvgIpc) is 3.08. The molecule has 0 radical (unpaired) electrons. The first-order valence-corrected chi connectivity index (χ1v) is 9.49. The molecule has 0 aliphatic rings. The maximum absolute atomic E-state index is 12.5. The van der Waals surface area contributed by atoms with Crippen molar-refractivity contribution < 1.29 is 27.5 Å². The Hall–Kier alpha value is -2.88. The van der Waals surface area contributed by atoms with Gasteiger partial charge in [-0.1, -0.05) is 26.0 Å². The summed E-state index contributed by atoms with van der Waals surface area (Å²) in [5, 5.41) is 9.64. The Labute approximate surface area is 172 Å². The minimum Gasteiger partial charge on any atom is -0.367 e. The molecule has 0 fully saturated rings. The second-order valence-electron chi connectivity index (χ2n) is 7.11. The minimum atomic E-state index is -4.39. The summed E-state index contributed by atoms with van der Waals surface area (Å²) >= 11 is 0. The van der Waals surface area contributed by atoms with Gasteiger partial charge in [-0.2, -0.15) is 18.3 Å². The lowest BCUT2D eigenvalue weighted by Gasteiger charge is -2.09. The molecule has 0 aliphatic heterocycles. The summed E-state index contributed by atoms with van der Waals surface area (Å²) in [6.07, 6.45) is -2.82. The van der Waals surface area contributed by atoms with Gasteiger partial charge >= 0.3 is 6.18 Å². The number of benzene rings is 1. The molecule has 1 heterocycles. The van der Waals surface area contributed by atoms with Crippen molar-refractivity contribution >= 4 is 17.5 Å². The summed E-state index contributed by atoms with van der Waals surface area (Å²) < 4.78 is 42.5. The van der Waals surface area contributed by atoms with Crippen molar-refractivity contribution in [3.8, 4) is 0 Å². The molecule has 0 bridgehead atoms. The topological polar surface area (TPSA) is 85.2 Å². The molecule has 7 nitrogen and oxygen atoms in total. The largest absolute Gasteiger partial charge is 0.411 e. The van der Waals surface area contributed by atoms with Gasteiger partial charge in [-0.3, -0.25) is 14.3 Å². The van der Waals surface area contributed by atoms with Crippen LogP contribution in [0.5, 0.6) is 0 Å². The van der Waals surface area contributed by atoms with Gasteiger partial charge in [0, 0.05) is 24.8 Å². The molecule has 2 N–H and O–H groups in total. The van der Waals surface area contributed by atoms with Gasteiger partial charge in [-0.25, -0.2) is 0 Å². The number of halogens is 3. The molecule has 1 aromatic carbocycles. The molecule has 10 heteroatoms. The first-order chi connectivity index (χ1) is 14.1. The van der Waals surface area contributed by atoms with Gasteiger partial charge in [-0.05, 0) is 30.5 Å². The maximum Gasteiger partial charge on any atom is 0.411 e. The molecule has 2 aromatic rings. The van der Waals surface area contributed by atoms with Crippen LogP contribution < -0.4 is 10.6 Å². The fourth-order valence-corrected chi connectivity index (χ4v) is 2.45. The highest BCUT2D eigenvalue weighted by molar-refractivity contribution is 6.08. The van der Waals surface area contributed by atoms with E-state index in [1.54, 1.807) is 10.9 Å². The van der Waals surface area contributed by atoms with Crippen LogP contribution in [0.1, 0.15) is 47.2 Å². The number of nitrogens with zero attached hydrogens (tertiary/aromatic N) is 2. The molecule has 30 heavy (non-hydrogen) atoms. The molecule has 0 unspecified atom stereocenters. The van der Waals surface area contributed by atoms with E-state index in [4.69, 9.17) is 0 Å². The zero-order valence-corrected chi connectivity index (χ0v) is 17.0. The Morgan fingerprint density at radius 1 is 1.17 bits per heavy atom. The molecule has 0 spiro atoms. The van der Waals surface area contributed by atoms with Crippen molar-refractivity contribution in [2.24, 2.45) is 5.92 Å². The lowest BCUT2D eigenvalue weighted by Crippen LogP contribution is -2.28. The zero-order chi connectivity index (χ0) is 22.3. The minimum absolute atomic E-state index is 0.114. The predicted molar refractivity (Wildman–Crippen MR) is 105 cm³/mol. The number of aryl methyl sites for hydroxylation is 1. The van der Waals surface area contributed by atoms with Gasteiger partial charge in [0.15, 0.2) is 5.69 Å². The molecule has 164 valence electrons. The number of aromatic nitrogens is 2. The van der Waals surface area contributed by atoms with Crippen molar-refractivity contribution in [2.75, 3.05) is 18.5 Å². The fraction of sp³-hybridized carbons (Fsp3) is 0.450. The van der Waals surface area contributed by atoms with E-state index in [2.05, 4.69) is 20.5 Å². The van der Waals surface area contributed by atoms with Gasteiger partial charge in [0.2, 0.25) is 0 Å². The number of rotatable bonds is 9. The molecular formula is C20H25F3N4O3. The smallest absolute Gasteiger partial charge is 0.367 e. The van der Waals surface area contributed by atoms with Crippen molar-refractivity contribution in [2.45, 2.75) is 40.1 Å². The Balaban J connectivity index is 2.04. The van der Waals surface area contributed by atoms with Gasteiger partial charge in [0.25, 0.3) is 11.8 Å². The van der Waals surface area contributed by atoms with Crippen molar-refractivity contribution in [1.82, 2.24) is 15.1 Å². The molecule has 1 aromatic heterocycles. The Kier molecular flexibility index (Phi) is 7.99. The summed E-state index contributed by atoms with van der Waals surface area (Å²) in [5.74, 6) is -0.589. The van der Waals surface area contributed by atoms with Crippen LogP contribution in [-0.2, 0) is 17.9 Å². The van der Waals surface area contributed by atoms with Crippen LogP contribution in [0.15, 0.2) is 30.5 Å². The third kappa shape index (κ3) is 7.18. The van der Waals surface area contributed by atoms with E-state index in [1.807, 2.05) is 20.8 Å². The summed E-state index contributed by atoms with van der Waals surface area (Å²) in [6.45, 7) is 5.23. The number of hydrogen-bond acceptors (Lipinski definition) is 4. The number of amides is 2. The van der Waals surface area contributed by atoms with Crippen LogP contribution in [0.2, 0.25) is 0 Å². The van der Waals surface area contributed by atoms with Crippen molar-refractivity contribution in [3.63, 3.8) is 0 Å². The van der Waals surface area contributed by atoms with Crippen LogP contribution in [-0.4, -0.2) is 40.9 Å². The lowest BCUT2D eigenvalue weighted by molar-refractivity contribution is -0.176. The van der Waals surface area contributed by atoms with E-state index in [9.17, 15) is 22.8 Å². The summed E-state index contributed by atoms with van der Waals surface area (Å²) in [7, 11) is 0. The van der Waals surface area contributed by atoms with Crippen LogP contribution in [0.4, 0.5) is 18.9 Å². The molecule has 2 rings (SSSR count). The number of alkyl halides is 3. The standard InChI is InChI=1S/C20H25F3N4O3/c1-4-27-10-16(17(26-27)19(29)24-9-13(2)3)25-18(28)15-7-5-14(6-8-15)11-30-12-20(21,22)23/h5-8,10,13H,4,9,11-12H2,1-3H3,(H,24,29)(H,25,28). The number of nitrogens with one attached hydrogen (secondary N) is 2. The number of hydrogen-bond donors (Lipinski definition) is 2. The van der Waals surface area contributed by atoms with E-state index in [-0.39, 0.29) is 35.4 Å². The molecule has 2 amide bonds. The predicted octanol–water partition coefficient (Wildman–Crippen LogP) is 3.62. The van der Waals surface area contributed by atoms with Crippen LogP contribution in [0, 0.1) is 5.92 Å². The normalized spacial score (nSPS) is 11.6. The van der Waals surface area contributed by atoms with Gasteiger partial charge in [-0.15, -0.1) is 0 Å². The van der Waals surface area contributed by atoms with Crippen LogP contribution in [0.25, 0.3) is 0 Å². The zero-order valence-electron chi connectivity index (χ0n) is 17.0. The summed E-state index contributed by atoms with van der Waals surface area (Å²) in [4.78, 5) is 25.0. The molecule has 0 saturated carbocycles. The number of carbonyl (C=O) groups excluding carboxylic acids is 2.